The van der Waals surface area contributed by atoms with Gasteiger partial charge in [-0.15, -0.1) is 0 Å². The lowest BCUT2D eigenvalue weighted by Gasteiger charge is -2.33. The van der Waals surface area contributed by atoms with Crippen LogP contribution in [0.5, 0.6) is 0 Å². The molecule has 1 aliphatic rings. The highest BCUT2D eigenvalue weighted by Gasteiger charge is 2.28. The zero-order valence-corrected chi connectivity index (χ0v) is 8.38. The van der Waals surface area contributed by atoms with E-state index in [4.69, 9.17) is 11.6 Å². The Morgan fingerprint density at radius 3 is 2.50 bits per heavy atom. The van der Waals surface area contributed by atoms with Crippen LogP contribution in [0.25, 0.3) is 0 Å². The van der Waals surface area contributed by atoms with Gasteiger partial charge < -0.3 is 5.32 Å². The van der Waals surface area contributed by atoms with E-state index in [1.54, 1.807) is 0 Å². The lowest BCUT2D eigenvalue weighted by molar-refractivity contribution is 0.306. The first-order valence-electron chi connectivity index (χ1n) is 4.71. The quantitative estimate of drug-likeness (QED) is 0.652. The van der Waals surface area contributed by atoms with E-state index in [2.05, 4.69) is 23.5 Å². The second-order valence-corrected chi connectivity index (χ2v) is 3.58. The minimum atomic E-state index is 0.0365. The van der Waals surface area contributed by atoms with Crippen LogP contribution in [0.4, 0.5) is 0 Å². The van der Waals surface area contributed by atoms with E-state index in [9.17, 15) is 0 Å². The van der Waals surface area contributed by atoms with Gasteiger partial charge in [-0.3, -0.25) is 0 Å². The van der Waals surface area contributed by atoms with Crippen molar-refractivity contribution in [2.24, 2.45) is 0 Å². The largest absolute Gasteiger partial charge is 0.301 e. The molecular weight excluding hydrogens is 170 g/mol. The second kappa shape index (κ2) is 4.74. The van der Waals surface area contributed by atoms with Gasteiger partial charge in [0, 0.05) is 5.38 Å². The summed E-state index contributed by atoms with van der Waals surface area (Å²) < 4.78 is 0. The maximum atomic E-state index is 5.46. The van der Waals surface area contributed by atoms with Gasteiger partial charge in [-0.2, -0.15) is 0 Å². The molecule has 0 spiro atoms. The smallest absolute Gasteiger partial charge is 0.0813 e. The van der Waals surface area contributed by atoms with Crippen LogP contribution in [0.3, 0.4) is 0 Å². The SMILES string of the molecule is CCNC1(C#CCl)CCCCC1. The zero-order valence-electron chi connectivity index (χ0n) is 7.62. The summed E-state index contributed by atoms with van der Waals surface area (Å²) in [5.41, 5.74) is 0.0365. The zero-order chi connectivity index (χ0) is 8.86. The summed E-state index contributed by atoms with van der Waals surface area (Å²) in [5.74, 6) is 3.10. The molecule has 0 amide bonds. The third kappa shape index (κ3) is 2.40. The lowest BCUT2D eigenvalue weighted by Crippen LogP contribution is -2.45. The van der Waals surface area contributed by atoms with E-state index >= 15 is 0 Å². The van der Waals surface area contributed by atoms with Gasteiger partial charge in [0.1, 0.15) is 0 Å². The summed E-state index contributed by atoms with van der Waals surface area (Å²) in [6.07, 6.45) is 6.20. The van der Waals surface area contributed by atoms with E-state index in [0.29, 0.717) is 0 Å². The summed E-state index contributed by atoms with van der Waals surface area (Å²) in [4.78, 5) is 0. The minimum absolute atomic E-state index is 0.0365. The summed E-state index contributed by atoms with van der Waals surface area (Å²) in [7, 11) is 0. The van der Waals surface area contributed by atoms with Gasteiger partial charge in [0.2, 0.25) is 0 Å². The maximum Gasteiger partial charge on any atom is 0.0813 e. The predicted octanol–water partition coefficient (Wildman–Crippen LogP) is 2.50. The molecule has 2 heteroatoms. The molecule has 0 bridgehead atoms. The first-order valence-corrected chi connectivity index (χ1v) is 5.08. The van der Waals surface area contributed by atoms with Gasteiger partial charge in [-0.05, 0) is 31.0 Å². The van der Waals surface area contributed by atoms with E-state index in [0.717, 1.165) is 19.4 Å². The van der Waals surface area contributed by atoms with Gasteiger partial charge in [-0.1, -0.05) is 32.1 Å². The fourth-order valence-corrected chi connectivity index (χ4v) is 2.11. The number of rotatable bonds is 2. The maximum absolute atomic E-state index is 5.46. The van der Waals surface area contributed by atoms with Gasteiger partial charge in [0.25, 0.3) is 0 Å². The molecule has 0 aromatic rings. The first-order chi connectivity index (χ1) is 5.83. The van der Waals surface area contributed by atoms with E-state index in [-0.39, 0.29) is 5.54 Å². The Labute approximate surface area is 79.9 Å². The molecule has 0 aromatic carbocycles. The molecule has 0 unspecified atom stereocenters. The molecule has 1 fully saturated rings. The van der Waals surface area contributed by atoms with Crippen LogP contribution in [-0.4, -0.2) is 12.1 Å². The van der Waals surface area contributed by atoms with E-state index < -0.39 is 0 Å². The van der Waals surface area contributed by atoms with Crippen molar-refractivity contribution in [3.63, 3.8) is 0 Å². The van der Waals surface area contributed by atoms with Crippen LogP contribution in [0.1, 0.15) is 39.0 Å². The summed E-state index contributed by atoms with van der Waals surface area (Å²) in [6.45, 7) is 3.10. The molecule has 0 atom stereocenters. The fraction of sp³-hybridized carbons (Fsp3) is 0.800. The highest BCUT2D eigenvalue weighted by Crippen LogP contribution is 2.27. The van der Waals surface area contributed by atoms with Crippen LogP contribution in [0.2, 0.25) is 0 Å². The molecule has 0 aliphatic heterocycles. The normalized spacial score (nSPS) is 21.2. The standard InChI is InChI=1S/C10H16ClN/c1-2-12-10(8-9-11)6-4-3-5-7-10/h12H,2-7H2,1H3. The molecule has 1 N–H and O–H groups in total. The lowest BCUT2D eigenvalue weighted by atomic mass is 9.82. The number of hydrogen-bond acceptors (Lipinski definition) is 1. The van der Waals surface area contributed by atoms with Gasteiger partial charge >= 0.3 is 0 Å². The van der Waals surface area contributed by atoms with Crippen molar-refractivity contribution in [2.75, 3.05) is 6.54 Å². The summed E-state index contributed by atoms with van der Waals surface area (Å²) >= 11 is 5.46. The molecule has 1 saturated carbocycles. The fourth-order valence-electron chi connectivity index (χ4n) is 1.93. The molecule has 12 heavy (non-hydrogen) atoms. The van der Waals surface area contributed by atoms with Crippen LogP contribution in [0.15, 0.2) is 0 Å². The molecule has 1 aliphatic carbocycles. The van der Waals surface area contributed by atoms with Crippen molar-refractivity contribution in [3.05, 3.63) is 0 Å². The highest BCUT2D eigenvalue weighted by atomic mass is 35.5. The van der Waals surface area contributed by atoms with Crippen molar-refractivity contribution in [1.29, 1.82) is 0 Å². The monoisotopic (exact) mass is 185 g/mol. The van der Waals surface area contributed by atoms with Crippen molar-refractivity contribution in [1.82, 2.24) is 5.32 Å². The van der Waals surface area contributed by atoms with Crippen LogP contribution >= 0.6 is 11.6 Å². The molecule has 1 nitrogen and oxygen atoms in total. The average Bonchev–Trinajstić information content (AvgIpc) is 2.07. The van der Waals surface area contributed by atoms with Crippen LogP contribution in [-0.2, 0) is 0 Å². The topological polar surface area (TPSA) is 12.0 Å². The Kier molecular flexibility index (Phi) is 3.91. The third-order valence-electron chi connectivity index (χ3n) is 2.51. The van der Waals surface area contributed by atoms with Gasteiger partial charge in [0.15, 0.2) is 0 Å². The van der Waals surface area contributed by atoms with Gasteiger partial charge in [0.05, 0.1) is 5.54 Å². The molecule has 68 valence electrons. The Morgan fingerprint density at radius 2 is 2.00 bits per heavy atom. The Hall–Kier alpha value is -0.190. The van der Waals surface area contributed by atoms with E-state index in [1.165, 1.54) is 19.3 Å². The molecule has 0 aromatic heterocycles. The number of nitrogens with one attached hydrogen (secondary N) is 1. The molecule has 0 saturated heterocycles. The highest BCUT2D eigenvalue weighted by molar-refractivity contribution is 6.30. The number of hydrogen-bond donors (Lipinski definition) is 1. The van der Waals surface area contributed by atoms with Gasteiger partial charge in [-0.25, -0.2) is 0 Å². The van der Waals surface area contributed by atoms with Crippen molar-refractivity contribution in [2.45, 2.75) is 44.6 Å². The molecule has 0 heterocycles. The van der Waals surface area contributed by atoms with Crippen LogP contribution in [0, 0.1) is 11.3 Å². The minimum Gasteiger partial charge on any atom is -0.301 e. The first kappa shape index (κ1) is 9.89. The summed E-state index contributed by atoms with van der Waals surface area (Å²) in [5, 5.41) is 5.96. The Balaban J connectivity index is 2.60. The van der Waals surface area contributed by atoms with Crippen molar-refractivity contribution in [3.8, 4) is 11.3 Å². The molecular formula is C10H16ClN. The second-order valence-electron chi connectivity index (χ2n) is 3.39. The van der Waals surface area contributed by atoms with Crippen LogP contribution < -0.4 is 5.32 Å². The average molecular weight is 186 g/mol. The number of halogens is 1. The molecule has 1 rings (SSSR count). The Morgan fingerprint density at radius 1 is 1.33 bits per heavy atom. The molecule has 0 radical (unpaired) electrons. The Bertz CT molecular complexity index is 178. The third-order valence-corrected chi connectivity index (χ3v) is 2.60. The summed E-state index contributed by atoms with van der Waals surface area (Å²) in [6, 6.07) is 0. The van der Waals surface area contributed by atoms with Crippen molar-refractivity contribution >= 4 is 11.6 Å². The van der Waals surface area contributed by atoms with E-state index in [1.807, 2.05) is 0 Å². The van der Waals surface area contributed by atoms with Crippen molar-refractivity contribution < 1.29 is 0 Å². The predicted molar refractivity (Wildman–Crippen MR) is 53.1 cm³/mol.